The summed E-state index contributed by atoms with van der Waals surface area (Å²) in [5, 5.41) is 0. The van der Waals surface area contributed by atoms with E-state index in [1.807, 2.05) is 30.3 Å². The number of hydrogen-bond donors (Lipinski definition) is 0. The van der Waals surface area contributed by atoms with Crippen LogP contribution in [0.2, 0.25) is 0 Å². The topological polar surface area (TPSA) is 46.6 Å². The number of carbonyl (C=O) groups excluding carboxylic acids is 2. The minimum absolute atomic E-state index is 0.219. The van der Waals surface area contributed by atoms with Gasteiger partial charge in [0.1, 0.15) is 0 Å². The molecule has 0 aliphatic heterocycles. The highest BCUT2D eigenvalue weighted by molar-refractivity contribution is 6.32. The lowest BCUT2D eigenvalue weighted by Crippen LogP contribution is -2.35. The van der Waals surface area contributed by atoms with Gasteiger partial charge in [-0.05, 0) is 18.9 Å². The molecule has 0 atom stereocenters. The molecule has 0 spiro atoms. The molecular formula is C13H17NO3. The van der Waals surface area contributed by atoms with Gasteiger partial charge in [-0.25, -0.2) is 4.79 Å². The van der Waals surface area contributed by atoms with E-state index in [2.05, 4.69) is 4.74 Å². The van der Waals surface area contributed by atoms with Crippen molar-refractivity contribution in [1.29, 1.82) is 0 Å². The Labute approximate surface area is 101 Å². The normalized spacial score (nSPS) is 9.76. The summed E-state index contributed by atoms with van der Waals surface area (Å²) >= 11 is 0. The van der Waals surface area contributed by atoms with Crippen LogP contribution in [0.3, 0.4) is 0 Å². The summed E-state index contributed by atoms with van der Waals surface area (Å²) in [6, 6.07) is 9.81. The first-order valence-corrected chi connectivity index (χ1v) is 5.61. The molecule has 0 saturated heterocycles. The Kier molecular flexibility index (Phi) is 5.20. The fraction of sp³-hybridized carbons (Fsp3) is 0.385. The lowest BCUT2D eigenvalue weighted by atomic mass is 10.1. The van der Waals surface area contributed by atoms with Crippen molar-refractivity contribution >= 4 is 11.9 Å². The summed E-state index contributed by atoms with van der Waals surface area (Å²) in [5.74, 6) is -1.38. The number of likely N-dealkylation sites (N-methyl/N-ethyl adjacent to an activating group) is 1. The number of rotatable bonds is 4. The standard InChI is InChI=1S/C13H17NO3/c1-3-17-13(16)12(15)14(2)10-9-11-7-5-4-6-8-11/h4-8H,3,9-10H2,1-2H3. The van der Waals surface area contributed by atoms with E-state index in [0.29, 0.717) is 6.54 Å². The fourth-order valence-corrected chi connectivity index (χ4v) is 1.39. The van der Waals surface area contributed by atoms with Gasteiger partial charge in [0.05, 0.1) is 6.61 Å². The van der Waals surface area contributed by atoms with Gasteiger partial charge in [0.2, 0.25) is 0 Å². The Morgan fingerprint density at radius 3 is 2.47 bits per heavy atom. The van der Waals surface area contributed by atoms with Crippen LogP contribution in [0.5, 0.6) is 0 Å². The SMILES string of the molecule is CCOC(=O)C(=O)N(C)CCc1ccccc1. The van der Waals surface area contributed by atoms with Crippen LogP contribution in [0.1, 0.15) is 12.5 Å². The highest BCUT2D eigenvalue weighted by atomic mass is 16.5. The smallest absolute Gasteiger partial charge is 0.396 e. The highest BCUT2D eigenvalue weighted by Gasteiger charge is 2.19. The maximum absolute atomic E-state index is 11.5. The molecule has 1 rings (SSSR count). The van der Waals surface area contributed by atoms with Crippen LogP contribution in [-0.2, 0) is 20.7 Å². The summed E-state index contributed by atoms with van der Waals surface area (Å²) in [6.45, 7) is 2.40. The lowest BCUT2D eigenvalue weighted by molar-refractivity contribution is -0.159. The third-order valence-corrected chi connectivity index (χ3v) is 2.38. The first-order chi connectivity index (χ1) is 8.15. The van der Waals surface area contributed by atoms with Crippen molar-refractivity contribution in [2.24, 2.45) is 0 Å². The first-order valence-electron chi connectivity index (χ1n) is 5.61. The second-order valence-electron chi connectivity index (χ2n) is 3.68. The second kappa shape index (κ2) is 6.68. The summed E-state index contributed by atoms with van der Waals surface area (Å²) in [5.41, 5.74) is 1.14. The molecule has 4 nitrogen and oxygen atoms in total. The predicted molar refractivity (Wildman–Crippen MR) is 64.4 cm³/mol. The summed E-state index contributed by atoms with van der Waals surface area (Å²) in [7, 11) is 1.60. The molecule has 92 valence electrons. The van der Waals surface area contributed by atoms with Crippen molar-refractivity contribution in [3.8, 4) is 0 Å². The maximum atomic E-state index is 11.5. The fourth-order valence-electron chi connectivity index (χ4n) is 1.39. The molecule has 1 aromatic rings. The third kappa shape index (κ3) is 4.26. The molecule has 0 aromatic heterocycles. The lowest BCUT2D eigenvalue weighted by Gasteiger charge is -2.15. The van der Waals surface area contributed by atoms with Gasteiger partial charge >= 0.3 is 11.9 Å². The predicted octanol–water partition coefficient (Wildman–Crippen LogP) is 1.25. The average Bonchev–Trinajstić information content (AvgIpc) is 2.36. The van der Waals surface area contributed by atoms with E-state index in [9.17, 15) is 9.59 Å². The highest BCUT2D eigenvalue weighted by Crippen LogP contribution is 2.01. The first kappa shape index (κ1) is 13.2. The Morgan fingerprint density at radius 1 is 1.24 bits per heavy atom. The molecule has 1 amide bonds. The van der Waals surface area contributed by atoms with Gasteiger partial charge in [0, 0.05) is 13.6 Å². The average molecular weight is 235 g/mol. The molecule has 0 fully saturated rings. The van der Waals surface area contributed by atoms with Crippen LogP contribution in [0.4, 0.5) is 0 Å². The van der Waals surface area contributed by atoms with Gasteiger partial charge < -0.3 is 9.64 Å². The van der Waals surface area contributed by atoms with Gasteiger partial charge in [-0.1, -0.05) is 30.3 Å². The Hall–Kier alpha value is -1.84. The Balaban J connectivity index is 2.42. The molecule has 0 heterocycles. The molecule has 0 radical (unpaired) electrons. The van der Waals surface area contributed by atoms with Crippen molar-refractivity contribution < 1.29 is 14.3 Å². The number of nitrogens with zero attached hydrogens (tertiary/aromatic N) is 1. The number of hydrogen-bond acceptors (Lipinski definition) is 3. The van der Waals surface area contributed by atoms with Crippen LogP contribution >= 0.6 is 0 Å². The minimum Gasteiger partial charge on any atom is -0.459 e. The van der Waals surface area contributed by atoms with Crippen LogP contribution in [0.15, 0.2) is 30.3 Å². The van der Waals surface area contributed by atoms with Crippen molar-refractivity contribution in [3.05, 3.63) is 35.9 Å². The Morgan fingerprint density at radius 2 is 1.88 bits per heavy atom. The minimum atomic E-state index is -0.789. The molecule has 17 heavy (non-hydrogen) atoms. The molecule has 0 N–H and O–H groups in total. The molecule has 0 saturated carbocycles. The molecular weight excluding hydrogens is 218 g/mol. The summed E-state index contributed by atoms with van der Waals surface area (Å²) < 4.78 is 4.65. The van der Waals surface area contributed by atoms with Crippen molar-refractivity contribution in [2.75, 3.05) is 20.2 Å². The quantitative estimate of drug-likeness (QED) is 0.583. The van der Waals surface area contributed by atoms with E-state index in [0.717, 1.165) is 12.0 Å². The molecule has 0 bridgehead atoms. The van der Waals surface area contributed by atoms with Gasteiger partial charge in [0.15, 0.2) is 0 Å². The number of esters is 1. The number of carbonyl (C=O) groups is 2. The van der Waals surface area contributed by atoms with E-state index in [4.69, 9.17) is 0 Å². The molecule has 0 unspecified atom stereocenters. The van der Waals surface area contributed by atoms with Gasteiger partial charge in [-0.3, -0.25) is 4.79 Å². The van der Waals surface area contributed by atoms with Crippen LogP contribution in [-0.4, -0.2) is 37.0 Å². The molecule has 4 heteroatoms. The van der Waals surface area contributed by atoms with E-state index >= 15 is 0 Å². The summed E-state index contributed by atoms with van der Waals surface area (Å²) in [4.78, 5) is 24.1. The van der Waals surface area contributed by atoms with E-state index < -0.39 is 11.9 Å². The molecule has 0 aliphatic carbocycles. The van der Waals surface area contributed by atoms with Crippen molar-refractivity contribution in [2.45, 2.75) is 13.3 Å². The largest absolute Gasteiger partial charge is 0.459 e. The molecule has 1 aromatic carbocycles. The number of ether oxygens (including phenoxy) is 1. The van der Waals surface area contributed by atoms with E-state index in [1.165, 1.54) is 4.90 Å². The van der Waals surface area contributed by atoms with Gasteiger partial charge in [-0.15, -0.1) is 0 Å². The van der Waals surface area contributed by atoms with E-state index in [-0.39, 0.29) is 6.61 Å². The van der Waals surface area contributed by atoms with Crippen LogP contribution < -0.4 is 0 Å². The molecule has 0 aliphatic rings. The zero-order valence-corrected chi connectivity index (χ0v) is 10.2. The Bertz CT molecular complexity index is 376. The summed E-state index contributed by atoms with van der Waals surface area (Å²) in [6.07, 6.45) is 0.725. The second-order valence-corrected chi connectivity index (χ2v) is 3.68. The van der Waals surface area contributed by atoms with E-state index in [1.54, 1.807) is 14.0 Å². The third-order valence-electron chi connectivity index (χ3n) is 2.38. The number of amides is 1. The van der Waals surface area contributed by atoms with Crippen LogP contribution in [0.25, 0.3) is 0 Å². The van der Waals surface area contributed by atoms with Crippen molar-refractivity contribution in [3.63, 3.8) is 0 Å². The van der Waals surface area contributed by atoms with Gasteiger partial charge in [-0.2, -0.15) is 0 Å². The zero-order valence-electron chi connectivity index (χ0n) is 10.2. The monoisotopic (exact) mass is 235 g/mol. The zero-order chi connectivity index (χ0) is 12.7. The van der Waals surface area contributed by atoms with Crippen LogP contribution in [0, 0.1) is 0 Å². The maximum Gasteiger partial charge on any atom is 0.396 e. The van der Waals surface area contributed by atoms with Gasteiger partial charge in [0.25, 0.3) is 0 Å². The number of benzene rings is 1. The van der Waals surface area contributed by atoms with Crippen molar-refractivity contribution in [1.82, 2.24) is 4.90 Å².